The number of Topliss-reactive ketones (excluding diaryl/α,β-unsaturated/α-hetero) is 1. The summed E-state index contributed by atoms with van der Waals surface area (Å²) in [5, 5.41) is 10.5. The number of rotatable bonds is 9. The Bertz CT molecular complexity index is 1040. The van der Waals surface area contributed by atoms with E-state index in [0.29, 0.717) is 44.5 Å². The highest BCUT2D eigenvalue weighted by Crippen LogP contribution is 2.27. The summed E-state index contributed by atoms with van der Waals surface area (Å²) in [5.74, 6) is 6.22. The third kappa shape index (κ3) is 9.38. The number of hydrogen-bond acceptors (Lipinski definition) is 4. The largest absolute Gasteiger partial charge is 0.390 e. The molecule has 1 heterocycles. The van der Waals surface area contributed by atoms with Gasteiger partial charge in [-0.2, -0.15) is 0 Å². The van der Waals surface area contributed by atoms with Crippen LogP contribution in [0.1, 0.15) is 85.0 Å². The first-order valence-corrected chi connectivity index (χ1v) is 14.4. The molecule has 4 atom stereocenters. The average Bonchev–Trinajstić information content (AvgIpc) is 2.95. The lowest BCUT2D eigenvalue weighted by molar-refractivity contribution is -0.112. The number of aliphatic hydroxyl groups is 1. The molecular formula is C34H46O4. The van der Waals surface area contributed by atoms with Crippen LogP contribution in [-0.2, 0) is 14.3 Å². The van der Waals surface area contributed by atoms with Crippen LogP contribution in [0.15, 0.2) is 71.4 Å². The molecule has 0 aromatic heterocycles. The van der Waals surface area contributed by atoms with Crippen molar-refractivity contribution in [2.75, 3.05) is 13.2 Å². The minimum absolute atomic E-state index is 0.0145. The van der Waals surface area contributed by atoms with Gasteiger partial charge in [0, 0.05) is 25.4 Å². The Hall–Kier alpha value is -2.45. The molecule has 4 heteroatoms. The maximum absolute atomic E-state index is 13.7. The molecule has 1 aliphatic heterocycles. The fraction of sp³-hybridized carbons (Fsp3) is 0.559. The smallest absolute Gasteiger partial charge is 0.196 e. The van der Waals surface area contributed by atoms with Crippen molar-refractivity contribution in [2.45, 2.75) is 103 Å². The molecule has 0 aromatic carbocycles. The van der Waals surface area contributed by atoms with E-state index in [1.807, 2.05) is 32.9 Å². The van der Waals surface area contributed by atoms with Gasteiger partial charge in [0.05, 0.1) is 30.0 Å². The summed E-state index contributed by atoms with van der Waals surface area (Å²) in [6.45, 7) is 11.0. The second kappa shape index (κ2) is 15.2. The molecule has 38 heavy (non-hydrogen) atoms. The van der Waals surface area contributed by atoms with E-state index >= 15 is 0 Å². The van der Waals surface area contributed by atoms with E-state index in [4.69, 9.17) is 9.47 Å². The van der Waals surface area contributed by atoms with Gasteiger partial charge in [0.25, 0.3) is 0 Å². The molecule has 0 radical (unpaired) electrons. The molecule has 0 aromatic rings. The summed E-state index contributed by atoms with van der Waals surface area (Å²) in [7, 11) is 0. The van der Waals surface area contributed by atoms with Gasteiger partial charge < -0.3 is 14.6 Å². The fourth-order valence-corrected chi connectivity index (χ4v) is 5.20. The van der Waals surface area contributed by atoms with Crippen LogP contribution in [0.25, 0.3) is 0 Å². The molecule has 4 unspecified atom stereocenters. The Kier molecular flexibility index (Phi) is 12.1. The van der Waals surface area contributed by atoms with E-state index < -0.39 is 5.60 Å². The van der Waals surface area contributed by atoms with Crippen LogP contribution in [0.4, 0.5) is 0 Å². The van der Waals surface area contributed by atoms with Gasteiger partial charge in [-0.25, -0.2) is 0 Å². The molecule has 0 saturated carbocycles. The summed E-state index contributed by atoms with van der Waals surface area (Å²) in [5.41, 5.74) is 2.84. The zero-order valence-corrected chi connectivity index (χ0v) is 23.6. The topological polar surface area (TPSA) is 55.8 Å². The van der Waals surface area contributed by atoms with Crippen LogP contribution in [0, 0.1) is 17.8 Å². The second-order valence-corrected chi connectivity index (χ2v) is 10.8. The van der Waals surface area contributed by atoms with Gasteiger partial charge in [-0.15, -0.1) is 6.58 Å². The maximum Gasteiger partial charge on any atom is 0.196 e. The Morgan fingerprint density at radius 2 is 2.11 bits per heavy atom. The number of allylic oxidation sites excluding steroid dienone is 7. The lowest BCUT2D eigenvalue weighted by atomic mass is 9.88. The zero-order valence-electron chi connectivity index (χ0n) is 23.6. The molecule has 0 saturated heterocycles. The SMILES string of the molecule is C=CC1C=C(CC(C)(O)CC)CC#CC(C(=O)C2=CCCCC(OCC)CC(C3=CCCC=C3)OCC2)=C1. The third-order valence-electron chi connectivity index (χ3n) is 7.59. The quantitative estimate of drug-likeness (QED) is 0.261. The summed E-state index contributed by atoms with van der Waals surface area (Å²) >= 11 is 0. The molecule has 0 amide bonds. The van der Waals surface area contributed by atoms with Crippen molar-refractivity contribution in [1.82, 2.24) is 0 Å². The molecule has 3 rings (SSSR count). The van der Waals surface area contributed by atoms with Crippen molar-refractivity contribution in [3.8, 4) is 11.8 Å². The molecule has 206 valence electrons. The van der Waals surface area contributed by atoms with E-state index in [0.717, 1.165) is 49.7 Å². The van der Waals surface area contributed by atoms with Crippen molar-refractivity contribution >= 4 is 5.78 Å². The Morgan fingerprint density at radius 1 is 1.26 bits per heavy atom. The minimum atomic E-state index is -0.761. The lowest BCUT2D eigenvalue weighted by Gasteiger charge is -2.26. The Labute approximate surface area is 230 Å². The number of ether oxygens (including phenoxy) is 2. The van der Waals surface area contributed by atoms with Crippen LogP contribution >= 0.6 is 0 Å². The van der Waals surface area contributed by atoms with Gasteiger partial charge in [0.2, 0.25) is 0 Å². The van der Waals surface area contributed by atoms with Gasteiger partial charge in [-0.3, -0.25) is 4.79 Å². The molecule has 2 aliphatic carbocycles. The molecule has 0 bridgehead atoms. The Balaban J connectivity index is 1.78. The van der Waals surface area contributed by atoms with Crippen LogP contribution in [-0.4, -0.2) is 41.9 Å². The molecule has 0 fully saturated rings. The Morgan fingerprint density at radius 3 is 2.82 bits per heavy atom. The van der Waals surface area contributed by atoms with Crippen molar-refractivity contribution in [3.63, 3.8) is 0 Å². The third-order valence-corrected chi connectivity index (χ3v) is 7.59. The van der Waals surface area contributed by atoms with E-state index in [9.17, 15) is 9.90 Å². The second-order valence-electron chi connectivity index (χ2n) is 10.8. The predicted octanol–water partition coefficient (Wildman–Crippen LogP) is 7.13. The number of carbonyl (C=O) groups is 1. The van der Waals surface area contributed by atoms with Crippen LogP contribution < -0.4 is 0 Å². The van der Waals surface area contributed by atoms with Crippen LogP contribution in [0.5, 0.6) is 0 Å². The summed E-state index contributed by atoms with van der Waals surface area (Å²) in [6, 6.07) is 0. The lowest BCUT2D eigenvalue weighted by Crippen LogP contribution is -2.26. The van der Waals surface area contributed by atoms with Gasteiger partial charge in [-0.05, 0) is 76.4 Å². The van der Waals surface area contributed by atoms with Gasteiger partial charge >= 0.3 is 0 Å². The highest BCUT2D eigenvalue weighted by atomic mass is 16.5. The van der Waals surface area contributed by atoms with E-state index in [2.05, 4.69) is 48.8 Å². The van der Waals surface area contributed by atoms with Gasteiger partial charge in [0.1, 0.15) is 0 Å². The van der Waals surface area contributed by atoms with Crippen molar-refractivity contribution in [3.05, 3.63) is 71.4 Å². The summed E-state index contributed by atoms with van der Waals surface area (Å²) < 4.78 is 12.5. The average molecular weight is 519 g/mol. The first-order chi connectivity index (χ1) is 18.3. The number of hydrogen-bond donors (Lipinski definition) is 1. The molecular weight excluding hydrogens is 472 g/mol. The minimum Gasteiger partial charge on any atom is -0.390 e. The summed E-state index contributed by atoms with van der Waals surface area (Å²) in [4.78, 5) is 13.7. The number of carbonyl (C=O) groups excluding carboxylic acids is 1. The molecule has 4 nitrogen and oxygen atoms in total. The highest BCUT2D eigenvalue weighted by Gasteiger charge is 2.24. The van der Waals surface area contributed by atoms with Crippen LogP contribution in [0.3, 0.4) is 0 Å². The van der Waals surface area contributed by atoms with Crippen molar-refractivity contribution in [2.24, 2.45) is 5.92 Å². The molecule has 3 aliphatic rings. The zero-order chi connectivity index (χ0) is 27.4. The first kappa shape index (κ1) is 30.1. The maximum atomic E-state index is 13.7. The normalized spacial score (nSPS) is 26.5. The van der Waals surface area contributed by atoms with E-state index in [-0.39, 0.29) is 23.9 Å². The first-order valence-electron chi connectivity index (χ1n) is 14.4. The number of ketones is 1. The molecule has 1 N–H and O–H groups in total. The van der Waals surface area contributed by atoms with Crippen LogP contribution in [0.2, 0.25) is 0 Å². The predicted molar refractivity (Wildman–Crippen MR) is 156 cm³/mol. The van der Waals surface area contributed by atoms with E-state index in [1.54, 1.807) is 0 Å². The highest BCUT2D eigenvalue weighted by molar-refractivity contribution is 6.11. The summed E-state index contributed by atoms with van der Waals surface area (Å²) in [6.07, 6.45) is 22.8. The van der Waals surface area contributed by atoms with Gasteiger partial charge in [0.15, 0.2) is 5.78 Å². The fourth-order valence-electron chi connectivity index (χ4n) is 5.20. The molecule has 0 spiro atoms. The monoisotopic (exact) mass is 518 g/mol. The van der Waals surface area contributed by atoms with Gasteiger partial charge in [-0.1, -0.05) is 66.9 Å². The van der Waals surface area contributed by atoms with Crippen molar-refractivity contribution < 1.29 is 19.4 Å². The van der Waals surface area contributed by atoms with Crippen molar-refractivity contribution in [1.29, 1.82) is 0 Å². The standard InChI is InChI=1S/C34H46O4/c1-5-26-22-27(25-34(4,36)6-2)14-13-18-30(23-26)33(35)29-17-11-12-19-31(37-7-3)24-32(38-21-20-29)28-15-9-8-10-16-28/h5,9,15-17,22-23,26,31-32,36H,1,6-8,10-12,14,19-21,24-25H2,2-4H3. The van der Waals surface area contributed by atoms with E-state index in [1.165, 1.54) is 5.57 Å².